The van der Waals surface area contributed by atoms with Crippen LogP contribution in [0.5, 0.6) is 0 Å². The Hall–Kier alpha value is -0.760. The first-order valence-corrected chi connectivity index (χ1v) is 7.00. The van der Waals surface area contributed by atoms with Gasteiger partial charge in [0.1, 0.15) is 0 Å². The summed E-state index contributed by atoms with van der Waals surface area (Å²) in [7, 11) is 0. The lowest BCUT2D eigenvalue weighted by atomic mass is 9.93. The van der Waals surface area contributed by atoms with Crippen LogP contribution in [0, 0.1) is 5.92 Å². The minimum absolute atomic E-state index is 0.690. The lowest BCUT2D eigenvalue weighted by Crippen LogP contribution is -2.35. The summed E-state index contributed by atoms with van der Waals surface area (Å²) in [6, 6.07) is 0. The van der Waals surface area contributed by atoms with E-state index in [1.807, 2.05) is 13.8 Å². The van der Waals surface area contributed by atoms with Crippen molar-refractivity contribution in [3.8, 4) is 0 Å². The molecule has 17 heavy (non-hydrogen) atoms. The van der Waals surface area contributed by atoms with Crippen LogP contribution in [0.1, 0.15) is 40.5 Å². The van der Waals surface area contributed by atoms with Gasteiger partial charge in [0.2, 0.25) is 0 Å². The Morgan fingerprint density at radius 1 is 1.18 bits per heavy atom. The molecular formula is C15H27NO. The SMILES string of the molecule is CC.CC(C)C1=CC(N2CCOCC2)=CCC1. The highest BCUT2D eigenvalue weighted by Gasteiger charge is 2.15. The van der Waals surface area contributed by atoms with Gasteiger partial charge in [0.15, 0.2) is 0 Å². The molecule has 1 aliphatic heterocycles. The van der Waals surface area contributed by atoms with E-state index in [0.717, 1.165) is 26.3 Å². The first-order valence-electron chi connectivity index (χ1n) is 7.00. The van der Waals surface area contributed by atoms with E-state index in [9.17, 15) is 0 Å². The zero-order valence-electron chi connectivity index (χ0n) is 11.8. The molecule has 0 aromatic rings. The molecule has 0 atom stereocenters. The van der Waals surface area contributed by atoms with Crippen LogP contribution < -0.4 is 0 Å². The molecule has 2 heteroatoms. The van der Waals surface area contributed by atoms with Crippen molar-refractivity contribution in [2.75, 3.05) is 26.3 Å². The van der Waals surface area contributed by atoms with E-state index in [4.69, 9.17) is 4.74 Å². The van der Waals surface area contributed by atoms with Crippen LogP contribution in [0.15, 0.2) is 23.4 Å². The molecular weight excluding hydrogens is 210 g/mol. The van der Waals surface area contributed by atoms with Crippen molar-refractivity contribution < 1.29 is 4.74 Å². The Kier molecular flexibility index (Phi) is 6.35. The van der Waals surface area contributed by atoms with Crippen molar-refractivity contribution in [3.63, 3.8) is 0 Å². The van der Waals surface area contributed by atoms with E-state index in [1.54, 1.807) is 5.57 Å². The van der Waals surface area contributed by atoms with E-state index in [-0.39, 0.29) is 0 Å². The third kappa shape index (κ3) is 4.19. The van der Waals surface area contributed by atoms with Gasteiger partial charge in [-0.05, 0) is 24.8 Å². The van der Waals surface area contributed by atoms with E-state index in [0.29, 0.717) is 5.92 Å². The molecule has 1 aliphatic carbocycles. The summed E-state index contributed by atoms with van der Waals surface area (Å²) in [6.45, 7) is 12.4. The molecule has 1 saturated heterocycles. The van der Waals surface area contributed by atoms with E-state index in [2.05, 4.69) is 30.9 Å². The van der Waals surface area contributed by atoms with Crippen LogP contribution in [0.2, 0.25) is 0 Å². The summed E-state index contributed by atoms with van der Waals surface area (Å²) >= 11 is 0. The standard InChI is InChI=1S/C13H21NO.C2H6/c1-11(2)12-4-3-5-13(10-12)14-6-8-15-9-7-14;1-2/h5,10-11H,3-4,6-9H2,1-2H3;1-2H3. The van der Waals surface area contributed by atoms with Crippen LogP contribution in [0.4, 0.5) is 0 Å². The van der Waals surface area contributed by atoms with Gasteiger partial charge < -0.3 is 9.64 Å². The second-order valence-corrected chi connectivity index (χ2v) is 4.64. The van der Waals surface area contributed by atoms with Crippen molar-refractivity contribution in [2.45, 2.75) is 40.5 Å². The number of nitrogens with zero attached hydrogens (tertiary/aromatic N) is 1. The minimum Gasteiger partial charge on any atom is -0.378 e. The smallest absolute Gasteiger partial charge is 0.0642 e. The first kappa shape index (κ1) is 14.3. The molecule has 0 aromatic carbocycles. The molecule has 2 aliphatic rings. The largest absolute Gasteiger partial charge is 0.378 e. The Bertz CT molecular complexity index is 273. The number of hydrogen-bond donors (Lipinski definition) is 0. The molecule has 2 nitrogen and oxygen atoms in total. The highest BCUT2D eigenvalue weighted by molar-refractivity contribution is 5.28. The number of rotatable bonds is 2. The zero-order valence-corrected chi connectivity index (χ0v) is 11.8. The number of ether oxygens (including phenoxy) is 1. The van der Waals surface area contributed by atoms with Gasteiger partial charge in [-0.3, -0.25) is 0 Å². The molecule has 1 fully saturated rings. The summed E-state index contributed by atoms with van der Waals surface area (Å²) in [6.07, 6.45) is 7.21. The summed E-state index contributed by atoms with van der Waals surface area (Å²) in [5, 5.41) is 0. The third-order valence-corrected chi connectivity index (χ3v) is 3.24. The lowest BCUT2D eigenvalue weighted by Gasteiger charge is -2.32. The average molecular weight is 237 g/mol. The summed E-state index contributed by atoms with van der Waals surface area (Å²) in [5.74, 6) is 0.690. The normalized spacial score (nSPS) is 20.4. The van der Waals surface area contributed by atoms with E-state index in [1.165, 1.54) is 18.5 Å². The Morgan fingerprint density at radius 2 is 1.82 bits per heavy atom. The van der Waals surface area contributed by atoms with Crippen LogP contribution in [-0.4, -0.2) is 31.2 Å². The predicted molar refractivity (Wildman–Crippen MR) is 74.0 cm³/mol. The third-order valence-electron chi connectivity index (χ3n) is 3.24. The van der Waals surface area contributed by atoms with Gasteiger partial charge in [-0.15, -0.1) is 0 Å². The van der Waals surface area contributed by atoms with E-state index < -0.39 is 0 Å². The van der Waals surface area contributed by atoms with Gasteiger partial charge in [0, 0.05) is 18.8 Å². The molecule has 0 aromatic heterocycles. The number of hydrogen-bond acceptors (Lipinski definition) is 2. The average Bonchev–Trinajstić information content (AvgIpc) is 2.42. The molecule has 0 spiro atoms. The Balaban J connectivity index is 0.000000686. The van der Waals surface area contributed by atoms with Crippen molar-refractivity contribution in [1.29, 1.82) is 0 Å². The monoisotopic (exact) mass is 237 g/mol. The molecule has 2 rings (SSSR count). The van der Waals surface area contributed by atoms with Crippen LogP contribution in [-0.2, 0) is 4.74 Å². The first-order chi connectivity index (χ1) is 8.27. The van der Waals surface area contributed by atoms with Crippen LogP contribution in [0.3, 0.4) is 0 Å². The maximum atomic E-state index is 5.38. The van der Waals surface area contributed by atoms with Crippen molar-refractivity contribution in [1.82, 2.24) is 4.90 Å². The Morgan fingerprint density at radius 3 is 2.41 bits per heavy atom. The molecule has 1 heterocycles. The van der Waals surface area contributed by atoms with Crippen LogP contribution in [0.25, 0.3) is 0 Å². The summed E-state index contributed by atoms with van der Waals surface area (Å²) in [5.41, 5.74) is 3.02. The molecule has 0 radical (unpaired) electrons. The molecule has 0 amide bonds. The fourth-order valence-electron chi connectivity index (χ4n) is 2.21. The molecule has 0 N–H and O–H groups in total. The predicted octanol–water partition coefficient (Wildman–Crippen LogP) is 3.60. The molecule has 98 valence electrons. The fraction of sp³-hybridized carbons (Fsp3) is 0.733. The fourth-order valence-corrected chi connectivity index (χ4v) is 2.21. The van der Waals surface area contributed by atoms with Crippen molar-refractivity contribution in [3.05, 3.63) is 23.4 Å². The summed E-state index contributed by atoms with van der Waals surface area (Å²) in [4.78, 5) is 2.45. The molecule has 0 unspecified atom stereocenters. The van der Waals surface area contributed by atoms with E-state index >= 15 is 0 Å². The molecule has 0 saturated carbocycles. The highest BCUT2D eigenvalue weighted by Crippen LogP contribution is 2.25. The van der Waals surface area contributed by atoms with Crippen molar-refractivity contribution >= 4 is 0 Å². The second-order valence-electron chi connectivity index (χ2n) is 4.64. The number of morpholine rings is 1. The van der Waals surface area contributed by atoms with Gasteiger partial charge in [-0.1, -0.05) is 39.3 Å². The highest BCUT2D eigenvalue weighted by atomic mass is 16.5. The maximum absolute atomic E-state index is 5.38. The summed E-state index contributed by atoms with van der Waals surface area (Å²) < 4.78 is 5.38. The topological polar surface area (TPSA) is 12.5 Å². The quantitative estimate of drug-likeness (QED) is 0.727. The Labute approximate surface area is 106 Å². The van der Waals surface area contributed by atoms with Gasteiger partial charge in [0.25, 0.3) is 0 Å². The van der Waals surface area contributed by atoms with Gasteiger partial charge >= 0.3 is 0 Å². The maximum Gasteiger partial charge on any atom is 0.0642 e. The van der Waals surface area contributed by atoms with Gasteiger partial charge in [-0.25, -0.2) is 0 Å². The van der Waals surface area contributed by atoms with Crippen molar-refractivity contribution in [2.24, 2.45) is 5.92 Å². The van der Waals surface area contributed by atoms with Gasteiger partial charge in [0.05, 0.1) is 13.2 Å². The second kappa shape index (κ2) is 7.54. The number of allylic oxidation sites excluding steroid dienone is 3. The van der Waals surface area contributed by atoms with Crippen LogP contribution >= 0.6 is 0 Å². The molecule has 0 bridgehead atoms. The minimum atomic E-state index is 0.690. The van der Waals surface area contributed by atoms with Gasteiger partial charge in [-0.2, -0.15) is 0 Å². The lowest BCUT2D eigenvalue weighted by molar-refractivity contribution is 0.0550. The zero-order chi connectivity index (χ0) is 12.7.